The van der Waals surface area contributed by atoms with Gasteiger partial charge in [0.1, 0.15) is 0 Å². The molecule has 0 spiro atoms. The summed E-state index contributed by atoms with van der Waals surface area (Å²) in [7, 11) is 0. The van der Waals surface area contributed by atoms with Crippen LogP contribution in [0.1, 0.15) is 21.5 Å². The molecule has 0 saturated heterocycles. The van der Waals surface area contributed by atoms with Crippen LogP contribution in [0.3, 0.4) is 0 Å². The molecule has 0 radical (unpaired) electrons. The second-order valence-electron chi connectivity index (χ2n) is 5.75. The maximum Gasteiger partial charge on any atom is 0.289 e. The first kappa shape index (κ1) is 15.9. The van der Waals surface area contributed by atoms with Gasteiger partial charge < -0.3 is 5.32 Å². The molecule has 0 bridgehead atoms. The number of ketones is 1. The lowest BCUT2D eigenvalue weighted by molar-refractivity contribution is -0.686. The Bertz CT molecular complexity index is 797. The van der Waals surface area contributed by atoms with Crippen molar-refractivity contribution in [2.24, 2.45) is 0 Å². The van der Waals surface area contributed by atoms with Crippen LogP contribution in [0.25, 0.3) is 0 Å². The number of nitrogens with one attached hydrogen (secondary N) is 1. The van der Waals surface area contributed by atoms with Crippen LogP contribution in [0.4, 0.5) is 5.82 Å². The van der Waals surface area contributed by atoms with Gasteiger partial charge in [-0.1, -0.05) is 60.2 Å². The number of carbonyl (C=O) groups is 1. The van der Waals surface area contributed by atoms with Crippen molar-refractivity contribution in [2.45, 2.75) is 20.0 Å². The van der Waals surface area contributed by atoms with Crippen molar-refractivity contribution in [2.75, 3.05) is 5.32 Å². The fourth-order valence-electron chi connectivity index (χ4n) is 2.37. The van der Waals surface area contributed by atoms with Crippen LogP contribution in [0.15, 0.2) is 73.2 Å². The van der Waals surface area contributed by atoms with Gasteiger partial charge in [-0.2, -0.15) is 0 Å². The van der Waals surface area contributed by atoms with Gasteiger partial charge in [-0.05, 0) is 17.5 Å². The molecule has 1 heterocycles. The monoisotopic (exact) mass is 318 g/mol. The number of rotatable bonds is 6. The van der Waals surface area contributed by atoms with Gasteiger partial charge >= 0.3 is 0 Å². The average Bonchev–Trinajstić information content (AvgIpc) is 2.62. The molecule has 3 aromatic rings. The van der Waals surface area contributed by atoms with Crippen LogP contribution in [-0.2, 0) is 13.1 Å². The summed E-state index contributed by atoms with van der Waals surface area (Å²) in [5.41, 5.74) is 3.07. The number of benzene rings is 2. The smallest absolute Gasteiger partial charge is 0.289 e. The van der Waals surface area contributed by atoms with E-state index in [1.807, 2.05) is 61.7 Å². The molecule has 0 fully saturated rings. The van der Waals surface area contributed by atoms with E-state index in [1.54, 1.807) is 10.9 Å². The fourth-order valence-corrected chi connectivity index (χ4v) is 2.37. The number of nitrogens with zero attached hydrogens (tertiary/aromatic N) is 2. The Balaban J connectivity index is 1.58. The second kappa shape index (κ2) is 7.51. The average molecular weight is 318 g/mol. The quantitative estimate of drug-likeness (QED) is 0.561. The van der Waals surface area contributed by atoms with E-state index < -0.39 is 0 Å². The third-order valence-corrected chi connectivity index (χ3v) is 3.79. The molecule has 1 aromatic heterocycles. The van der Waals surface area contributed by atoms with E-state index in [-0.39, 0.29) is 12.3 Å². The molecular formula is C20H20N3O+. The minimum Gasteiger partial charge on any atom is -0.345 e. The normalized spacial score (nSPS) is 10.4. The zero-order valence-electron chi connectivity index (χ0n) is 13.6. The molecule has 4 heteroatoms. The predicted molar refractivity (Wildman–Crippen MR) is 93.7 cm³/mol. The van der Waals surface area contributed by atoms with Crippen molar-refractivity contribution in [3.63, 3.8) is 0 Å². The number of hydrogen-bond acceptors (Lipinski definition) is 3. The largest absolute Gasteiger partial charge is 0.345 e. The van der Waals surface area contributed by atoms with Gasteiger partial charge in [-0.15, -0.1) is 0 Å². The third kappa shape index (κ3) is 4.26. The maximum absolute atomic E-state index is 12.3. The van der Waals surface area contributed by atoms with E-state index in [9.17, 15) is 4.79 Å². The summed E-state index contributed by atoms with van der Waals surface area (Å²) in [5.74, 6) is 0.865. The van der Waals surface area contributed by atoms with Crippen molar-refractivity contribution >= 4 is 11.6 Å². The molecule has 120 valence electrons. The SMILES string of the molecule is Cc1ccc(C(=O)C[n+]2ccc(NCc3ccccc3)nc2)cc1. The summed E-state index contributed by atoms with van der Waals surface area (Å²) in [5, 5.41) is 3.27. The minimum absolute atomic E-state index is 0.0757. The fraction of sp³-hybridized carbons (Fsp3) is 0.150. The van der Waals surface area contributed by atoms with Crippen LogP contribution in [0.2, 0.25) is 0 Å². The molecule has 0 atom stereocenters. The van der Waals surface area contributed by atoms with E-state index in [1.165, 1.54) is 5.56 Å². The van der Waals surface area contributed by atoms with E-state index >= 15 is 0 Å². The van der Waals surface area contributed by atoms with Gasteiger partial charge in [0.05, 0.1) is 6.20 Å². The highest BCUT2D eigenvalue weighted by Gasteiger charge is 2.10. The summed E-state index contributed by atoms with van der Waals surface area (Å²) in [6.07, 6.45) is 3.55. The predicted octanol–water partition coefficient (Wildman–Crippen LogP) is 3.17. The lowest BCUT2D eigenvalue weighted by Crippen LogP contribution is -2.37. The number of hydrogen-bond donors (Lipinski definition) is 1. The van der Waals surface area contributed by atoms with Gasteiger partial charge in [0.15, 0.2) is 6.54 Å². The number of Topliss-reactive ketones (excluding diaryl/α,β-unsaturated/α-hetero) is 1. The highest BCUT2D eigenvalue weighted by molar-refractivity contribution is 5.95. The molecule has 0 unspecified atom stereocenters. The second-order valence-corrected chi connectivity index (χ2v) is 5.75. The Morgan fingerprint density at radius 2 is 1.79 bits per heavy atom. The Hall–Kier alpha value is -3.01. The first-order valence-corrected chi connectivity index (χ1v) is 7.93. The summed E-state index contributed by atoms with van der Waals surface area (Å²) in [6.45, 7) is 3.02. The molecule has 0 aliphatic heterocycles. The van der Waals surface area contributed by atoms with Crippen LogP contribution >= 0.6 is 0 Å². The van der Waals surface area contributed by atoms with Gasteiger partial charge in [0, 0.05) is 18.2 Å². The number of aryl methyl sites for hydroxylation is 1. The zero-order valence-corrected chi connectivity index (χ0v) is 13.6. The number of carbonyl (C=O) groups excluding carboxylic acids is 1. The molecule has 24 heavy (non-hydrogen) atoms. The van der Waals surface area contributed by atoms with E-state index in [0.29, 0.717) is 0 Å². The summed E-state index contributed by atoms with van der Waals surface area (Å²) in [6, 6.07) is 19.7. The molecule has 3 rings (SSSR count). The number of anilines is 1. The third-order valence-electron chi connectivity index (χ3n) is 3.79. The van der Waals surface area contributed by atoms with E-state index in [0.717, 1.165) is 23.5 Å². The molecular weight excluding hydrogens is 298 g/mol. The molecule has 0 aliphatic rings. The lowest BCUT2D eigenvalue weighted by Gasteiger charge is -2.03. The highest BCUT2D eigenvalue weighted by Crippen LogP contribution is 2.05. The summed E-state index contributed by atoms with van der Waals surface area (Å²) >= 11 is 0. The van der Waals surface area contributed by atoms with Crippen molar-refractivity contribution in [3.05, 3.63) is 89.9 Å². The Kier molecular flexibility index (Phi) is 4.96. The zero-order chi connectivity index (χ0) is 16.8. The molecule has 1 N–H and O–H groups in total. The first-order valence-electron chi connectivity index (χ1n) is 7.93. The van der Waals surface area contributed by atoms with E-state index in [2.05, 4.69) is 22.4 Å². The van der Waals surface area contributed by atoms with Crippen molar-refractivity contribution in [3.8, 4) is 0 Å². The molecule has 0 amide bonds. The first-order chi connectivity index (χ1) is 11.7. The van der Waals surface area contributed by atoms with E-state index in [4.69, 9.17) is 0 Å². The van der Waals surface area contributed by atoms with Crippen LogP contribution in [-0.4, -0.2) is 10.8 Å². The van der Waals surface area contributed by atoms with Gasteiger partial charge in [-0.3, -0.25) is 4.79 Å². The molecule has 4 nitrogen and oxygen atoms in total. The summed E-state index contributed by atoms with van der Waals surface area (Å²) < 4.78 is 1.79. The maximum atomic E-state index is 12.3. The van der Waals surface area contributed by atoms with Gasteiger partial charge in [0.2, 0.25) is 11.6 Å². The Morgan fingerprint density at radius 3 is 2.46 bits per heavy atom. The number of aromatic nitrogens is 2. The Labute approximate surface area is 141 Å². The van der Waals surface area contributed by atoms with Crippen molar-refractivity contribution < 1.29 is 9.36 Å². The topological polar surface area (TPSA) is 45.9 Å². The minimum atomic E-state index is 0.0757. The molecule has 2 aromatic carbocycles. The van der Waals surface area contributed by atoms with Crippen LogP contribution < -0.4 is 9.88 Å². The summed E-state index contributed by atoms with van der Waals surface area (Å²) in [4.78, 5) is 16.6. The van der Waals surface area contributed by atoms with Gasteiger partial charge in [-0.25, -0.2) is 4.57 Å². The standard InChI is InChI=1S/C20H19N3O/c1-16-7-9-18(10-8-16)19(24)14-23-12-11-20(22-15-23)21-13-17-5-3-2-4-6-17/h2-12,15H,13-14H2,1H3/p+1. The van der Waals surface area contributed by atoms with Crippen molar-refractivity contribution in [1.29, 1.82) is 0 Å². The van der Waals surface area contributed by atoms with Gasteiger partial charge in [0.25, 0.3) is 6.33 Å². The molecule has 0 aliphatic carbocycles. The highest BCUT2D eigenvalue weighted by atomic mass is 16.1. The van der Waals surface area contributed by atoms with Crippen LogP contribution in [0, 0.1) is 6.92 Å². The Morgan fingerprint density at radius 1 is 1.04 bits per heavy atom. The van der Waals surface area contributed by atoms with Crippen molar-refractivity contribution in [1.82, 2.24) is 4.98 Å². The molecule has 0 saturated carbocycles. The van der Waals surface area contributed by atoms with Crippen LogP contribution in [0.5, 0.6) is 0 Å². The lowest BCUT2D eigenvalue weighted by atomic mass is 10.1.